The van der Waals surface area contributed by atoms with Crippen molar-refractivity contribution in [3.63, 3.8) is 0 Å². The molecule has 1 N–H and O–H groups in total. The van der Waals surface area contributed by atoms with Crippen LogP contribution in [0.25, 0.3) is 0 Å². The lowest BCUT2D eigenvalue weighted by Crippen LogP contribution is -3.15. The van der Waals surface area contributed by atoms with E-state index in [2.05, 4.69) is 0 Å². The zero-order chi connectivity index (χ0) is 13.9. The van der Waals surface area contributed by atoms with Crippen molar-refractivity contribution in [2.24, 2.45) is 0 Å². The van der Waals surface area contributed by atoms with E-state index in [1.54, 1.807) is 17.5 Å². The van der Waals surface area contributed by atoms with Gasteiger partial charge in [0.1, 0.15) is 4.21 Å². The first-order valence-corrected chi connectivity index (χ1v) is 8.39. The summed E-state index contributed by atoms with van der Waals surface area (Å²) in [6.45, 7) is 2.64. The van der Waals surface area contributed by atoms with Crippen LogP contribution in [0.2, 0.25) is 0 Å². The number of quaternary nitrogens is 1. The quantitative estimate of drug-likeness (QED) is 0.668. The first-order valence-electron chi connectivity index (χ1n) is 6.07. The van der Waals surface area contributed by atoms with Gasteiger partial charge >= 0.3 is 0 Å². The molecule has 0 spiro atoms. The number of carboxylic acid groups (broad SMARTS) is 1. The van der Waals surface area contributed by atoms with E-state index in [0.29, 0.717) is 36.9 Å². The van der Waals surface area contributed by atoms with Crippen molar-refractivity contribution in [3.8, 4) is 0 Å². The van der Waals surface area contributed by atoms with Crippen LogP contribution in [-0.2, 0) is 14.8 Å². The third kappa shape index (κ3) is 3.53. The van der Waals surface area contributed by atoms with Crippen molar-refractivity contribution in [1.29, 1.82) is 0 Å². The number of sulfonamides is 1. The fraction of sp³-hybridized carbons (Fsp3) is 0.545. The number of hydrogen-bond donors (Lipinski definition) is 1. The Kier molecular flexibility index (Phi) is 4.56. The molecule has 0 radical (unpaired) electrons. The summed E-state index contributed by atoms with van der Waals surface area (Å²) in [6, 6.07) is 3.33. The van der Waals surface area contributed by atoms with Gasteiger partial charge in [0.05, 0.1) is 32.7 Å². The fourth-order valence-electron chi connectivity index (χ4n) is 2.11. The molecule has 8 heteroatoms. The smallest absolute Gasteiger partial charge is 0.252 e. The lowest BCUT2D eigenvalue weighted by atomic mass is 10.3. The molecule has 0 unspecified atom stereocenters. The van der Waals surface area contributed by atoms with Crippen molar-refractivity contribution in [3.05, 3.63) is 17.5 Å². The molecular formula is C11H16N2O4S2. The number of nitrogens with zero attached hydrogens (tertiary/aromatic N) is 1. The molecule has 0 saturated carbocycles. The highest BCUT2D eigenvalue weighted by Crippen LogP contribution is 2.20. The predicted molar refractivity (Wildman–Crippen MR) is 68.3 cm³/mol. The molecule has 1 aromatic rings. The predicted octanol–water partition coefficient (Wildman–Crippen LogP) is -2.22. The third-order valence-electron chi connectivity index (χ3n) is 3.20. The number of rotatable bonds is 5. The van der Waals surface area contributed by atoms with E-state index in [0.717, 1.165) is 4.90 Å². The van der Waals surface area contributed by atoms with Gasteiger partial charge in [0.2, 0.25) is 0 Å². The molecule has 0 aromatic carbocycles. The second-order valence-corrected chi connectivity index (χ2v) is 7.57. The molecule has 2 heterocycles. The number of aliphatic carboxylic acids is 1. The molecule has 0 aliphatic carbocycles. The van der Waals surface area contributed by atoms with Gasteiger partial charge in [0, 0.05) is 12.4 Å². The van der Waals surface area contributed by atoms with Gasteiger partial charge in [-0.2, -0.15) is 4.31 Å². The number of hydrogen-bond acceptors (Lipinski definition) is 5. The molecule has 1 saturated heterocycles. The molecule has 1 aliphatic rings. The highest BCUT2D eigenvalue weighted by atomic mass is 32.2. The van der Waals surface area contributed by atoms with E-state index >= 15 is 0 Å². The molecule has 19 heavy (non-hydrogen) atoms. The molecule has 2 rings (SSSR count). The molecule has 1 fully saturated rings. The maximum absolute atomic E-state index is 12.2. The largest absolute Gasteiger partial charge is 0.550 e. The van der Waals surface area contributed by atoms with Gasteiger partial charge < -0.3 is 14.8 Å². The second kappa shape index (κ2) is 6.00. The van der Waals surface area contributed by atoms with Crippen molar-refractivity contribution >= 4 is 27.3 Å². The third-order valence-corrected chi connectivity index (χ3v) is 6.47. The Morgan fingerprint density at radius 1 is 1.42 bits per heavy atom. The zero-order valence-corrected chi connectivity index (χ0v) is 12.0. The fourth-order valence-corrected chi connectivity index (χ4v) is 4.70. The minimum Gasteiger partial charge on any atom is -0.550 e. The maximum Gasteiger partial charge on any atom is 0.252 e. The Bertz CT molecular complexity index is 519. The van der Waals surface area contributed by atoms with Crippen molar-refractivity contribution in [2.75, 3.05) is 32.7 Å². The average molecular weight is 304 g/mol. The molecule has 0 bridgehead atoms. The molecule has 6 nitrogen and oxygen atoms in total. The van der Waals surface area contributed by atoms with E-state index in [4.69, 9.17) is 0 Å². The van der Waals surface area contributed by atoms with Crippen LogP contribution in [0.15, 0.2) is 21.7 Å². The van der Waals surface area contributed by atoms with Crippen LogP contribution in [-0.4, -0.2) is 51.4 Å². The Balaban J connectivity index is 1.91. The number of nitrogens with one attached hydrogen (secondary N) is 1. The highest BCUT2D eigenvalue weighted by Gasteiger charge is 2.30. The number of piperazine rings is 1. The van der Waals surface area contributed by atoms with Crippen LogP contribution < -0.4 is 10.0 Å². The van der Waals surface area contributed by atoms with Crippen LogP contribution in [0.5, 0.6) is 0 Å². The van der Waals surface area contributed by atoms with Crippen molar-refractivity contribution in [2.45, 2.75) is 10.6 Å². The standard InChI is InChI=1S/C11H16N2O4S2/c14-10(15)3-4-12-5-7-13(8-6-12)19(16,17)11-2-1-9-18-11/h1-2,9H,3-8H2,(H,14,15). The Morgan fingerprint density at radius 2 is 2.11 bits per heavy atom. The topological polar surface area (TPSA) is 81.9 Å². The normalized spacial score (nSPS) is 18.5. The van der Waals surface area contributed by atoms with Gasteiger partial charge in [-0.05, 0) is 11.4 Å². The minimum atomic E-state index is -3.36. The molecule has 0 atom stereocenters. The molecule has 1 aliphatic heterocycles. The molecule has 106 valence electrons. The van der Waals surface area contributed by atoms with Crippen LogP contribution in [0.3, 0.4) is 0 Å². The number of thiophene rings is 1. The highest BCUT2D eigenvalue weighted by molar-refractivity contribution is 7.91. The summed E-state index contributed by atoms with van der Waals surface area (Å²) in [5, 5.41) is 12.1. The maximum atomic E-state index is 12.2. The number of carbonyl (C=O) groups excluding carboxylic acids is 1. The molecular weight excluding hydrogens is 288 g/mol. The Morgan fingerprint density at radius 3 is 2.63 bits per heavy atom. The summed E-state index contributed by atoms with van der Waals surface area (Å²) in [4.78, 5) is 11.5. The van der Waals surface area contributed by atoms with Crippen molar-refractivity contribution < 1.29 is 23.2 Å². The van der Waals surface area contributed by atoms with E-state index in [1.165, 1.54) is 15.6 Å². The number of carbonyl (C=O) groups is 1. The van der Waals surface area contributed by atoms with Crippen LogP contribution in [0.4, 0.5) is 0 Å². The van der Waals surface area contributed by atoms with Gasteiger partial charge in [-0.25, -0.2) is 8.42 Å². The summed E-state index contributed by atoms with van der Waals surface area (Å²) in [6.07, 6.45) is 0.0208. The summed E-state index contributed by atoms with van der Waals surface area (Å²) in [5.41, 5.74) is 0. The average Bonchev–Trinajstić information content (AvgIpc) is 2.91. The Labute approximate surface area is 116 Å². The molecule has 0 amide bonds. The van der Waals surface area contributed by atoms with Gasteiger partial charge in [-0.15, -0.1) is 11.3 Å². The zero-order valence-electron chi connectivity index (χ0n) is 10.4. The SMILES string of the molecule is O=C([O-])CC[NH+]1CCN(S(=O)(=O)c2cccs2)CC1. The van der Waals surface area contributed by atoms with Gasteiger partial charge in [-0.3, -0.25) is 0 Å². The van der Waals surface area contributed by atoms with Crippen LogP contribution in [0, 0.1) is 0 Å². The van der Waals surface area contributed by atoms with Gasteiger partial charge in [0.15, 0.2) is 0 Å². The first-order chi connectivity index (χ1) is 9.00. The summed E-state index contributed by atoms with van der Waals surface area (Å²) < 4.78 is 26.3. The summed E-state index contributed by atoms with van der Waals surface area (Å²) >= 11 is 1.22. The molecule has 1 aromatic heterocycles. The van der Waals surface area contributed by atoms with E-state index in [9.17, 15) is 18.3 Å². The first kappa shape index (κ1) is 14.4. The summed E-state index contributed by atoms with van der Waals surface area (Å²) in [7, 11) is -3.36. The second-order valence-electron chi connectivity index (χ2n) is 4.46. The van der Waals surface area contributed by atoms with Gasteiger partial charge in [-0.1, -0.05) is 6.07 Å². The van der Waals surface area contributed by atoms with E-state index in [1.807, 2.05) is 0 Å². The summed E-state index contributed by atoms with van der Waals surface area (Å²) in [5.74, 6) is -1.05. The monoisotopic (exact) mass is 304 g/mol. The van der Waals surface area contributed by atoms with Gasteiger partial charge in [0.25, 0.3) is 10.0 Å². The van der Waals surface area contributed by atoms with E-state index in [-0.39, 0.29) is 6.42 Å². The van der Waals surface area contributed by atoms with Crippen LogP contribution >= 0.6 is 11.3 Å². The Hall–Kier alpha value is -0.960. The van der Waals surface area contributed by atoms with E-state index < -0.39 is 16.0 Å². The number of carboxylic acids is 1. The van der Waals surface area contributed by atoms with Crippen LogP contribution in [0.1, 0.15) is 6.42 Å². The lowest BCUT2D eigenvalue weighted by Gasteiger charge is -2.31. The van der Waals surface area contributed by atoms with Crippen molar-refractivity contribution in [1.82, 2.24) is 4.31 Å². The minimum absolute atomic E-state index is 0.0208. The lowest BCUT2D eigenvalue weighted by molar-refractivity contribution is -0.903.